The summed E-state index contributed by atoms with van der Waals surface area (Å²) < 4.78 is 0. The summed E-state index contributed by atoms with van der Waals surface area (Å²) in [6.45, 7) is 4.54. The molecular weight excluding hydrogens is 328 g/mol. The third-order valence-corrected chi connectivity index (χ3v) is 5.81. The van der Waals surface area contributed by atoms with Gasteiger partial charge in [0.25, 0.3) is 0 Å². The fourth-order valence-corrected chi connectivity index (χ4v) is 3.98. The fourth-order valence-electron chi connectivity index (χ4n) is 3.98. The molecule has 154 valence electrons. The van der Waals surface area contributed by atoms with Crippen LogP contribution < -0.4 is 0 Å². The highest BCUT2D eigenvalue weighted by Crippen LogP contribution is 2.27. The van der Waals surface area contributed by atoms with Gasteiger partial charge in [-0.1, -0.05) is 109 Å². The van der Waals surface area contributed by atoms with Gasteiger partial charge in [-0.25, -0.2) is 0 Å². The van der Waals surface area contributed by atoms with E-state index < -0.39 is 0 Å². The maximum Gasteiger partial charge on any atom is 0.120 e. The maximum atomic E-state index is 10.8. The van der Waals surface area contributed by atoms with E-state index in [0.29, 0.717) is 12.3 Å². The number of rotatable bonds is 18. The molecule has 0 amide bonds. The Morgan fingerprint density at radius 2 is 1.26 bits per heavy atom. The first-order valence-electron chi connectivity index (χ1n) is 11.8. The highest BCUT2D eigenvalue weighted by atomic mass is 16.1. The minimum absolute atomic E-state index is 0.559. The van der Waals surface area contributed by atoms with Crippen molar-refractivity contribution >= 4 is 6.29 Å². The minimum atomic E-state index is 0.559. The molecule has 0 bridgehead atoms. The van der Waals surface area contributed by atoms with Crippen molar-refractivity contribution in [1.82, 2.24) is 0 Å². The molecule has 1 unspecified atom stereocenters. The van der Waals surface area contributed by atoms with Gasteiger partial charge in [0.2, 0.25) is 0 Å². The highest BCUT2D eigenvalue weighted by molar-refractivity contribution is 5.49. The van der Waals surface area contributed by atoms with Gasteiger partial charge < -0.3 is 4.79 Å². The van der Waals surface area contributed by atoms with Crippen LogP contribution in [-0.4, -0.2) is 6.29 Å². The lowest BCUT2D eigenvalue weighted by molar-refractivity contribution is -0.108. The molecule has 0 aromatic heterocycles. The summed E-state index contributed by atoms with van der Waals surface area (Å²) >= 11 is 0. The Hall–Kier alpha value is -1.11. The Balaban J connectivity index is 2.32. The highest BCUT2D eigenvalue weighted by Gasteiger charge is 2.11. The molecule has 0 aliphatic heterocycles. The summed E-state index contributed by atoms with van der Waals surface area (Å²) in [5, 5.41) is 0. The smallest absolute Gasteiger partial charge is 0.120 e. The number of hydrogen-bond donors (Lipinski definition) is 0. The number of unbranched alkanes of at least 4 members (excludes halogenated alkanes) is 10. The zero-order valence-electron chi connectivity index (χ0n) is 18.2. The summed E-state index contributed by atoms with van der Waals surface area (Å²) in [4.78, 5) is 10.8. The Bertz CT molecular complexity index is 448. The molecule has 0 radical (unpaired) electrons. The van der Waals surface area contributed by atoms with E-state index in [9.17, 15) is 4.79 Å². The molecule has 1 heteroatoms. The summed E-state index contributed by atoms with van der Waals surface area (Å²) in [5.41, 5.74) is 2.91. The number of benzene rings is 1. The number of aryl methyl sites for hydroxylation is 1. The SMILES string of the molecule is CCCCCCCCCCc1ccc(C(CCC=O)CCCCCC)cc1. The predicted octanol–water partition coefficient (Wildman–Crippen LogP) is 8.40. The lowest BCUT2D eigenvalue weighted by Crippen LogP contribution is -2.00. The van der Waals surface area contributed by atoms with Gasteiger partial charge in [-0.2, -0.15) is 0 Å². The van der Waals surface area contributed by atoms with Crippen LogP contribution in [-0.2, 0) is 11.2 Å². The van der Waals surface area contributed by atoms with Gasteiger partial charge in [0.15, 0.2) is 0 Å². The van der Waals surface area contributed by atoms with E-state index in [4.69, 9.17) is 0 Å². The first kappa shape index (κ1) is 23.9. The van der Waals surface area contributed by atoms with Crippen LogP contribution in [0.2, 0.25) is 0 Å². The third-order valence-electron chi connectivity index (χ3n) is 5.81. The summed E-state index contributed by atoms with van der Waals surface area (Å²) in [7, 11) is 0. The van der Waals surface area contributed by atoms with Crippen LogP contribution in [0.5, 0.6) is 0 Å². The second-order valence-electron chi connectivity index (χ2n) is 8.26. The van der Waals surface area contributed by atoms with Crippen molar-refractivity contribution in [3.05, 3.63) is 35.4 Å². The quantitative estimate of drug-likeness (QED) is 0.187. The molecule has 1 nitrogen and oxygen atoms in total. The summed E-state index contributed by atoms with van der Waals surface area (Å²) in [5.74, 6) is 0.559. The summed E-state index contributed by atoms with van der Waals surface area (Å²) in [6.07, 6.45) is 21.5. The van der Waals surface area contributed by atoms with Crippen LogP contribution in [0.25, 0.3) is 0 Å². The molecular formula is C26H44O. The van der Waals surface area contributed by atoms with Crippen molar-refractivity contribution in [3.8, 4) is 0 Å². The van der Waals surface area contributed by atoms with Crippen LogP contribution in [0, 0.1) is 0 Å². The van der Waals surface area contributed by atoms with Crippen LogP contribution in [0.15, 0.2) is 24.3 Å². The first-order chi connectivity index (χ1) is 13.3. The largest absolute Gasteiger partial charge is 0.303 e. The van der Waals surface area contributed by atoms with E-state index in [0.717, 1.165) is 12.7 Å². The van der Waals surface area contributed by atoms with E-state index >= 15 is 0 Å². The average molecular weight is 373 g/mol. The fraction of sp³-hybridized carbons (Fsp3) is 0.731. The second-order valence-corrected chi connectivity index (χ2v) is 8.26. The van der Waals surface area contributed by atoms with Crippen molar-refractivity contribution in [2.75, 3.05) is 0 Å². The zero-order chi connectivity index (χ0) is 19.6. The number of carbonyl (C=O) groups is 1. The van der Waals surface area contributed by atoms with Gasteiger partial charge in [0.05, 0.1) is 0 Å². The third kappa shape index (κ3) is 12.1. The molecule has 1 aromatic carbocycles. The van der Waals surface area contributed by atoms with Gasteiger partial charge in [-0.15, -0.1) is 0 Å². The van der Waals surface area contributed by atoms with E-state index in [1.807, 2.05) is 0 Å². The lowest BCUT2D eigenvalue weighted by Gasteiger charge is -2.17. The van der Waals surface area contributed by atoms with E-state index in [1.54, 1.807) is 0 Å². The van der Waals surface area contributed by atoms with E-state index in [1.165, 1.54) is 101 Å². The van der Waals surface area contributed by atoms with Gasteiger partial charge in [-0.05, 0) is 42.7 Å². The van der Waals surface area contributed by atoms with Gasteiger partial charge in [-0.3, -0.25) is 0 Å². The van der Waals surface area contributed by atoms with Crippen molar-refractivity contribution in [1.29, 1.82) is 0 Å². The Morgan fingerprint density at radius 3 is 1.85 bits per heavy atom. The van der Waals surface area contributed by atoms with Gasteiger partial charge >= 0.3 is 0 Å². The molecule has 1 rings (SSSR count). The predicted molar refractivity (Wildman–Crippen MR) is 120 cm³/mol. The molecule has 1 atom stereocenters. The van der Waals surface area contributed by atoms with E-state index in [-0.39, 0.29) is 0 Å². The van der Waals surface area contributed by atoms with Crippen molar-refractivity contribution in [3.63, 3.8) is 0 Å². The average Bonchev–Trinajstić information content (AvgIpc) is 2.70. The molecule has 27 heavy (non-hydrogen) atoms. The Morgan fingerprint density at radius 1 is 0.704 bits per heavy atom. The second kappa shape index (κ2) is 17.0. The Kier molecular flexibility index (Phi) is 15.1. The standard InChI is InChI=1S/C26H44O/c1-3-5-7-9-10-11-12-13-16-24-19-21-26(22-20-24)25(18-15-23-27)17-14-8-6-4-2/h19-23,25H,3-18H2,1-2H3. The molecule has 0 saturated heterocycles. The Labute approximate surface area is 169 Å². The van der Waals surface area contributed by atoms with Crippen molar-refractivity contribution < 1.29 is 4.79 Å². The number of aldehydes is 1. The van der Waals surface area contributed by atoms with Crippen LogP contribution >= 0.6 is 0 Å². The van der Waals surface area contributed by atoms with Crippen LogP contribution in [0.1, 0.15) is 127 Å². The topological polar surface area (TPSA) is 17.1 Å². The molecule has 0 heterocycles. The first-order valence-corrected chi connectivity index (χ1v) is 11.8. The molecule has 0 aliphatic rings. The minimum Gasteiger partial charge on any atom is -0.303 e. The lowest BCUT2D eigenvalue weighted by atomic mass is 9.88. The van der Waals surface area contributed by atoms with Gasteiger partial charge in [0.1, 0.15) is 6.29 Å². The van der Waals surface area contributed by atoms with Crippen molar-refractivity contribution in [2.45, 2.75) is 122 Å². The zero-order valence-corrected chi connectivity index (χ0v) is 18.2. The van der Waals surface area contributed by atoms with E-state index in [2.05, 4.69) is 38.1 Å². The molecule has 0 spiro atoms. The monoisotopic (exact) mass is 372 g/mol. The molecule has 1 aromatic rings. The molecule has 0 N–H and O–H groups in total. The molecule has 0 fully saturated rings. The summed E-state index contributed by atoms with van der Waals surface area (Å²) in [6, 6.07) is 9.32. The number of carbonyl (C=O) groups excluding carboxylic acids is 1. The van der Waals surface area contributed by atoms with Crippen molar-refractivity contribution in [2.24, 2.45) is 0 Å². The number of hydrogen-bond acceptors (Lipinski definition) is 1. The maximum absolute atomic E-state index is 10.8. The molecule has 0 saturated carbocycles. The molecule has 0 aliphatic carbocycles. The van der Waals surface area contributed by atoms with Crippen LogP contribution in [0.3, 0.4) is 0 Å². The normalized spacial score (nSPS) is 12.2. The van der Waals surface area contributed by atoms with Crippen LogP contribution in [0.4, 0.5) is 0 Å². The van der Waals surface area contributed by atoms with Gasteiger partial charge in [0, 0.05) is 6.42 Å².